The van der Waals surface area contributed by atoms with Crippen LogP contribution in [-0.2, 0) is 21.1 Å². The number of aromatic nitrogens is 2. The maximum absolute atomic E-state index is 14.5. The molecule has 38 heavy (non-hydrogen) atoms. The normalized spacial score (nSPS) is 10.7. The summed E-state index contributed by atoms with van der Waals surface area (Å²) in [4.78, 5) is 11.0. The molecule has 3 aromatic carbocycles. The van der Waals surface area contributed by atoms with Crippen LogP contribution >= 0.6 is 0 Å². The molecule has 8 heteroatoms. The Bertz CT molecular complexity index is 1510. The van der Waals surface area contributed by atoms with Gasteiger partial charge in [0.1, 0.15) is 11.6 Å². The van der Waals surface area contributed by atoms with Crippen molar-refractivity contribution in [3.63, 3.8) is 0 Å². The van der Waals surface area contributed by atoms with Gasteiger partial charge in [0, 0.05) is 29.0 Å². The van der Waals surface area contributed by atoms with E-state index in [2.05, 4.69) is 22.1 Å². The number of aryl methyl sites for hydroxylation is 2. The number of nitrogens with zero attached hydrogens (tertiary/aromatic N) is 3. The van der Waals surface area contributed by atoms with E-state index in [0.717, 1.165) is 41.1 Å². The molecule has 0 amide bonds. The van der Waals surface area contributed by atoms with Gasteiger partial charge in [-0.15, -0.1) is 24.3 Å². The SMILES string of the molecule is Cc1cc(C)cc(N(c2cccc(-c3[c-]cc(F)cc3F)n2)c2cccc(-c3[c-]cc(F)cc3F)n2)c1.[Pt+2]. The van der Waals surface area contributed by atoms with Crippen LogP contribution in [0.2, 0.25) is 0 Å². The van der Waals surface area contributed by atoms with Crippen molar-refractivity contribution in [2.24, 2.45) is 0 Å². The molecule has 5 aromatic rings. The standard InChI is InChI=1S/C30H19F4N3.Pt/c1-18-13-19(2)15-22(14-18)37(29-7-3-5-27(35-29)23-11-9-20(31)16-25(23)33)30-8-4-6-28(36-30)24-12-10-21(32)17-26(24)34;/h3-10,13-17H,1-2H3;/q-2;+2. The summed E-state index contributed by atoms with van der Waals surface area (Å²) in [5, 5.41) is 0. The second-order valence-corrected chi connectivity index (χ2v) is 8.53. The summed E-state index contributed by atoms with van der Waals surface area (Å²) in [5.41, 5.74) is 3.24. The minimum atomic E-state index is -0.787. The number of anilines is 3. The van der Waals surface area contributed by atoms with Gasteiger partial charge < -0.3 is 0 Å². The van der Waals surface area contributed by atoms with Gasteiger partial charge in [-0.2, -0.15) is 0 Å². The predicted octanol–water partition coefficient (Wildman–Crippen LogP) is 8.05. The van der Waals surface area contributed by atoms with Gasteiger partial charge >= 0.3 is 21.1 Å². The van der Waals surface area contributed by atoms with E-state index in [1.54, 1.807) is 41.3 Å². The van der Waals surface area contributed by atoms with Gasteiger partial charge in [-0.1, -0.05) is 53.6 Å². The van der Waals surface area contributed by atoms with Gasteiger partial charge in [0.2, 0.25) is 0 Å². The summed E-state index contributed by atoms with van der Waals surface area (Å²) in [6.45, 7) is 3.90. The van der Waals surface area contributed by atoms with E-state index in [9.17, 15) is 17.6 Å². The monoisotopic (exact) mass is 692 g/mol. The molecule has 0 unspecified atom stereocenters. The van der Waals surface area contributed by atoms with Crippen molar-refractivity contribution in [2.75, 3.05) is 4.90 Å². The van der Waals surface area contributed by atoms with Crippen LogP contribution in [0.15, 0.2) is 78.9 Å². The Morgan fingerprint density at radius 3 is 1.50 bits per heavy atom. The number of halogens is 4. The summed E-state index contributed by atoms with van der Waals surface area (Å²) in [6.07, 6.45) is 0. The molecule has 0 spiro atoms. The third kappa shape index (κ3) is 5.68. The minimum absolute atomic E-state index is 0. The molecule has 192 valence electrons. The van der Waals surface area contributed by atoms with E-state index in [0.29, 0.717) is 11.6 Å². The molecule has 5 rings (SSSR count). The van der Waals surface area contributed by atoms with Crippen LogP contribution in [0, 0.1) is 49.2 Å². The number of hydrogen-bond donors (Lipinski definition) is 0. The third-order valence-electron chi connectivity index (χ3n) is 5.62. The van der Waals surface area contributed by atoms with Gasteiger partial charge in [0.25, 0.3) is 0 Å². The summed E-state index contributed by atoms with van der Waals surface area (Å²) in [5.74, 6) is -2.25. The molecule has 0 bridgehead atoms. The smallest absolute Gasteiger partial charge is 0.280 e. The molecule has 0 radical (unpaired) electrons. The molecule has 0 saturated carbocycles. The molecule has 0 aliphatic rings. The van der Waals surface area contributed by atoms with Crippen LogP contribution < -0.4 is 4.90 Å². The Hall–Kier alpha value is -3.83. The number of benzene rings is 3. The number of rotatable bonds is 5. The van der Waals surface area contributed by atoms with Crippen LogP contribution in [0.25, 0.3) is 22.5 Å². The van der Waals surface area contributed by atoms with Crippen LogP contribution in [0.3, 0.4) is 0 Å². The van der Waals surface area contributed by atoms with Gasteiger partial charge in [-0.25, -0.2) is 0 Å². The van der Waals surface area contributed by atoms with Crippen molar-refractivity contribution in [3.05, 3.63) is 125 Å². The zero-order chi connectivity index (χ0) is 26.1. The molecule has 2 aromatic heterocycles. The maximum Gasteiger partial charge on any atom is 2.00 e. The Balaban J connectivity index is 0.00000336. The zero-order valence-electron chi connectivity index (χ0n) is 20.2. The van der Waals surface area contributed by atoms with Gasteiger partial charge in [0.15, 0.2) is 0 Å². The first-order valence-electron chi connectivity index (χ1n) is 11.4. The number of hydrogen-bond acceptors (Lipinski definition) is 3. The Labute approximate surface area is 232 Å². The van der Waals surface area contributed by atoms with Crippen LogP contribution in [0.1, 0.15) is 11.1 Å². The molecule has 0 N–H and O–H groups in total. The largest absolute Gasteiger partial charge is 2.00 e. The quantitative estimate of drug-likeness (QED) is 0.138. The fraction of sp³-hybridized carbons (Fsp3) is 0.0667. The second-order valence-electron chi connectivity index (χ2n) is 8.53. The van der Waals surface area contributed by atoms with Gasteiger partial charge in [-0.3, -0.25) is 32.4 Å². The molecule has 0 aliphatic heterocycles. The van der Waals surface area contributed by atoms with Crippen molar-refractivity contribution in [2.45, 2.75) is 13.8 Å². The van der Waals surface area contributed by atoms with Crippen molar-refractivity contribution in [3.8, 4) is 22.5 Å². The third-order valence-corrected chi connectivity index (χ3v) is 5.62. The van der Waals surface area contributed by atoms with Gasteiger partial charge in [0.05, 0.1) is 0 Å². The maximum atomic E-state index is 14.5. The molecule has 0 atom stereocenters. The molecule has 3 nitrogen and oxygen atoms in total. The van der Waals surface area contributed by atoms with E-state index in [-0.39, 0.29) is 43.6 Å². The Morgan fingerprint density at radius 1 is 0.632 bits per heavy atom. The molecule has 0 fully saturated rings. The van der Waals surface area contributed by atoms with Crippen molar-refractivity contribution < 1.29 is 38.6 Å². The van der Waals surface area contributed by atoms with Crippen molar-refractivity contribution in [1.29, 1.82) is 0 Å². The van der Waals surface area contributed by atoms with E-state index >= 15 is 0 Å². The van der Waals surface area contributed by atoms with E-state index in [4.69, 9.17) is 0 Å². The predicted molar refractivity (Wildman–Crippen MR) is 135 cm³/mol. The summed E-state index contributed by atoms with van der Waals surface area (Å²) in [7, 11) is 0. The Morgan fingerprint density at radius 2 is 1.08 bits per heavy atom. The first kappa shape index (κ1) is 27.2. The second kappa shape index (κ2) is 11.3. The van der Waals surface area contributed by atoms with Crippen LogP contribution in [0.4, 0.5) is 34.9 Å². The zero-order valence-corrected chi connectivity index (χ0v) is 22.4. The van der Waals surface area contributed by atoms with E-state index < -0.39 is 23.3 Å². The van der Waals surface area contributed by atoms with Crippen molar-refractivity contribution >= 4 is 17.3 Å². The van der Waals surface area contributed by atoms with Crippen molar-refractivity contribution in [1.82, 2.24) is 9.97 Å². The average Bonchev–Trinajstić information content (AvgIpc) is 2.84. The number of pyridine rings is 2. The first-order valence-corrected chi connectivity index (χ1v) is 11.4. The molecule has 0 saturated heterocycles. The summed E-state index contributed by atoms with van der Waals surface area (Å²) < 4.78 is 56.0. The molecular weight excluding hydrogens is 673 g/mol. The molecule has 2 heterocycles. The minimum Gasteiger partial charge on any atom is -0.280 e. The topological polar surface area (TPSA) is 29.0 Å². The fourth-order valence-electron chi connectivity index (χ4n) is 4.12. The van der Waals surface area contributed by atoms with Gasteiger partial charge in [-0.05, 0) is 60.6 Å². The van der Waals surface area contributed by atoms with E-state index in [1.165, 1.54) is 0 Å². The summed E-state index contributed by atoms with van der Waals surface area (Å²) >= 11 is 0. The van der Waals surface area contributed by atoms with Crippen LogP contribution in [0.5, 0.6) is 0 Å². The van der Waals surface area contributed by atoms with E-state index in [1.807, 2.05) is 32.0 Å². The first-order chi connectivity index (χ1) is 17.8. The Kier molecular flexibility index (Phi) is 8.07. The fourth-order valence-corrected chi connectivity index (χ4v) is 4.12. The molecule has 0 aliphatic carbocycles. The average molecular weight is 693 g/mol. The van der Waals surface area contributed by atoms with Crippen LogP contribution in [-0.4, -0.2) is 9.97 Å². The summed E-state index contributed by atoms with van der Waals surface area (Å²) in [6, 6.07) is 24.8. The molecular formula is C30H19F4N3Pt.